The number of pyridine rings is 1. The number of hydrogen-bond donors (Lipinski definition) is 0. The van der Waals surface area contributed by atoms with Crippen molar-refractivity contribution < 1.29 is 0 Å². The first-order chi connectivity index (χ1) is 7.13. The van der Waals surface area contributed by atoms with Gasteiger partial charge in [0.05, 0.1) is 10.5 Å². The van der Waals surface area contributed by atoms with E-state index in [1.807, 2.05) is 18.2 Å². The molecule has 15 heavy (non-hydrogen) atoms. The zero-order valence-electron chi connectivity index (χ0n) is 8.02. The molecule has 0 bridgehead atoms. The highest BCUT2D eigenvalue weighted by Gasteiger charge is 2.09. The van der Waals surface area contributed by atoms with E-state index in [0.29, 0.717) is 0 Å². The smallest absolute Gasteiger partial charge is 0.0864 e. The monoisotopic (exact) mass is 395 g/mol. The normalized spacial score (nSPS) is 10.9. The maximum absolute atomic E-state index is 6.24. The van der Waals surface area contributed by atoms with E-state index in [0.717, 1.165) is 36.1 Å². The van der Waals surface area contributed by atoms with E-state index < -0.39 is 0 Å². The molecule has 0 aliphatic heterocycles. The van der Waals surface area contributed by atoms with Gasteiger partial charge in [0.15, 0.2) is 0 Å². The zero-order chi connectivity index (χ0) is 11.0. The Morgan fingerprint density at radius 2 is 2.20 bits per heavy atom. The number of aromatic nitrogens is 1. The van der Waals surface area contributed by atoms with E-state index in [2.05, 4.69) is 50.4 Å². The van der Waals surface area contributed by atoms with Crippen LogP contribution in [-0.2, 0) is 6.42 Å². The molecular weight excluding hydrogens is 388 g/mol. The predicted octanol–water partition coefficient (Wildman–Crippen LogP) is 4.82. The zero-order valence-corrected chi connectivity index (χ0v) is 12.5. The molecule has 1 aromatic carbocycles. The third kappa shape index (κ3) is 2.15. The maximum Gasteiger partial charge on any atom is 0.0864 e. The summed E-state index contributed by atoms with van der Waals surface area (Å²) in [5.41, 5.74) is 2.01. The van der Waals surface area contributed by atoms with Gasteiger partial charge in [0.1, 0.15) is 0 Å². The largest absolute Gasteiger partial charge is 0.252 e. The van der Waals surface area contributed by atoms with Crippen LogP contribution in [0.15, 0.2) is 22.7 Å². The van der Waals surface area contributed by atoms with E-state index in [1.54, 1.807) is 0 Å². The minimum absolute atomic E-state index is 0.766. The van der Waals surface area contributed by atoms with E-state index in [-0.39, 0.29) is 0 Å². The lowest BCUT2D eigenvalue weighted by Crippen LogP contribution is -1.91. The minimum atomic E-state index is 0.766. The fourth-order valence-corrected chi connectivity index (χ4v) is 2.99. The van der Waals surface area contributed by atoms with E-state index in [4.69, 9.17) is 11.6 Å². The second-order valence-corrected chi connectivity index (χ2v) is 5.63. The lowest BCUT2D eigenvalue weighted by Gasteiger charge is -2.07. The van der Waals surface area contributed by atoms with Gasteiger partial charge in [-0.25, -0.2) is 0 Å². The van der Waals surface area contributed by atoms with Crippen molar-refractivity contribution >= 4 is 61.0 Å². The van der Waals surface area contributed by atoms with Gasteiger partial charge < -0.3 is 0 Å². The van der Waals surface area contributed by atoms with Gasteiger partial charge in [-0.05, 0) is 47.2 Å². The Hall–Kier alpha value is 0.130. The van der Waals surface area contributed by atoms with Crippen molar-refractivity contribution in [2.75, 3.05) is 0 Å². The number of benzene rings is 1. The molecule has 1 aromatic heterocycles. The van der Waals surface area contributed by atoms with Crippen molar-refractivity contribution in [1.29, 1.82) is 0 Å². The lowest BCUT2D eigenvalue weighted by atomic mass is 10.2. The van der Waals surface area contributed by atoms with Gasteiger partial charge in [-0.3, -0.25) is 4.98 Å². The first-order valence-electron chi connectivity index (χ1n) is 4.56. The maximum atomic E-state index is 6.24. The number of rotatable bonds is 1. The molecule has 0 radical (unpaired) electrons. The summed E-state index contributed by atoms with van der Waals surface area (Å²) in [6.45, 7) is 2.08. The standard InChI is InChI=1S/C11H8BrClIN/c1-2-6-5-8(13)10-7(12)3-4-9(14)11(10)15-6/h3-5H,2H2,1H3. The molecule has 0 N–H and O–H groups in total. The van der Waals surface area contributed by atoms with Crippen molar-refractivity contribution in [2.24, 2.45) is 0 Å². The van der Waals surface area contributed by atoms with Gasteiger partial charge in [0, 0.05) is 19.1 Å². The molecule has 1 heterocycles. The third-order valence-corrected chi connectivity index (χ3v) is 4.06. The molecule has 0 spiro atoms. The summed E-state index contributed by atoms with van der Waals surface area (Å²) in [5, 5.41) is 1.77. The highest BCUT2D eigenvalue weighted by molar-refractivity contribution is 14.1. The highest BCUT2D eigenvalue weighted by atomic mass is 127. The molecule has 0 atom stereocenters. The number of fused-ring (bicyclic) bond motifs is 1. The second-order valence-electron chi connectivity index (χ2n) is 3.20. The summed E-state index contributed by atoms with van der Waals surface area (Å²) in [5.74, 6) is 0. The summed E-state index contributed by atoms with van der Waals surface area (Å²) < 4.78 is 2.13. The topological polar surface area (TPSA) is 12.9 Å². The molecule has 1 nitrogen and oxygen atoms in total. The van der Waals surface area contributed by atoms with Gasteiger partial charge >= 0.3 is 0 Å². The van der Waals surface area contributed by atoms with Crippen LogP contribution in [0.2, 0.25) is 5.02 Å². The first kappa shape index (κ1) is 11.6. The average molecular weight is 396 g/mol. The summed E-state index contributed by atoms with van der Waals surface area (Å²) >= 11 is 12.0. The van der Waals surface area contributed by atoms with Crippen molar-refractivity contribution in [1.82, 2.24) is 4.98 Å². The van der Waals surface area contributed by atoms with Gasteiger partial charge in [-0.1, -0.05) is 34.5 Å². The molecule has 0 unspecified atom stereocenters. The molecule has 0 amide bonds. The Morgan fingerprint density at radius 1 is 1.47 bits per heavy atom. The van der Waals surface area contributed by atoms with Crippen LogP contribution in [0.1, 0.15) is 12.6 Å². The number of hydrogen-bond acceptors (Lipinski definition) is 1. The third-order valence-electron chi connectivity index (χ3n) is 2.23. The molecule has 2 aromatic rings. The van der Waals surface area contributed by atoms with Crippen molar-refractivity contribution in [3.63, 3.8) is 0 Å². The number of halogens is 3. The van der Waals surface area contributed by atoms with Crippen LogP contribution < -0.4 is 0 Å². The first-order valence-corrected chi connectivity index (χ1v) is 6.81. The van der Waals surface area contributed by atoms with Crippen LogP contribution in [0.4, 0.5) is 0 Å². The Balaban J connectivity index is 2.90. The predicted molar refractivity (Wildman–Crippen MR) is 76.5 cm³/mol. The highest BCUT2D eigenvalue weighted by Crippen LogP contribution is 2.32. The van der Waals surface area contributed by atoms with Crippen molar-refractivity contribution in [3.8, 4) is 0 Å². The Bertz CT molecular complexity index is 527. The SMILES string of the molecule is CCc1cc(Cl)c2c(Br)ccc(I)c2n1. The fourth-order valence-electron chi connectivity index (χ4n) is 1.45. The van der Waals surface area contributed by atoms with Crippen LogP contribution >= 0.6 is 50.1 Å². The Kier molecular flexibility index (Phi) is 3.52. The number of nitrogens with zero attached hydrogens (tertiary/aromatic N) is 1. The van der Waals surface area contributed by atoms with E-state index in [9.17, 15) is 0 Å². The summed E-state index contributed by atoms with van der Waals surface area (Å²) in [4.78, 5) is 4.59. The summed E-state index contributed by atoms with van der Waals surface area (Å²) in [6.07, 6.45) is 0.901. The van der Waals surface area contributed by atoms with Gasteiger partial charge in [0.2, 0.25) is 0 Å². The van der Waals surface area contributed by atoms with Gasteiger partial charge in [0.25, 0.3) is 0 Å². The average Bonchev–Trinajstić information content (AvgIpc) is 2.23. The molecule has 2 rings (SSSR count). The summed E-state index contributed by atoms with van der Waals surface area (Å²) in [7, 11) is 0. The molecule has 4 heteroatoms. The second kappa shape index (κ2) is 4.55. The van der Waals surface area contributed by atoms with E-state index >= 15 is 0 Å². The molecule has 0 saturated carbocycles. The van der Waals surface area contributed by atoms with Crippen LogP contribution in [-0.4, -0.2) is 4.98 Å². The summed E-state index contributed by atoms with van der Waals surface area (Å²) in [6, 6.07) is 5.98. The van der Waals surface area contributed by atoms with Crippen molar-refractivity contribution in [3.05, 3.63) is 37.0 Å². The lowest BCUT2D eigenvalue weighted by molar-refractivity contribution is 1.06. The fraction of sp³-hybridized carbons (Fsp3) is 0.182. The Morgan fingerprint density at radius 3 is 2.87 bits per heavy atom. The Labute approximate surface area is 115 Å². The van der Waals surface area contributed by atoms with Crippen LogP contribution in [0.25, 0.3) is 10.9 Å². The molecule has 0 fully saturated rings. The van der Waals surface area contributed by atoms with E-state index in [1.165, 1.54) is 0 Å². The van der Waals surface area contributed by atoms with Crippen LogP contribution in [0.5, 0.6) is 0 Å². The van der Waals surface area contributed by atoms with Gasteiger partial charge in [-0.2, -0.15) is 0 Å². The molecular formula is C11H8BrClIN. The molecule has 0 aliphatic carbocycles. The minimum Gasteiger partial charge on any atom is -0.252 e. The van der Waals surface area contributed by atoms with Gasteiger partial charge in [-0.15, -0.1) is 0 Å². The van der Waals surface area contributed by atoms with Crippen molar-refractivity contribution in [2.45, 2.75) is 13.3 Å². The quantitative estimate of drug-likeness (QED) is 0.630. The molecule has 0 aliphatic rings. The van der Waals surface area contributed by atoms with Crippen LogP contribution in [0, 0.1) is 3.57 Å². The van der Waals surface area contributed by atoms with Crippen LogP contribution in [0.3, 0.4) is 0 Å². The number of aryl methyl sites for hydroxylation is 1. The molecule has 0 saturated heterocycles. The molecule has 78 valence electrons.